The standard InChI is InChI=1S/C33H34BrN3O4S/c1-24-17-25(2)19-29(18-24)37(42(40,41)30-15-8-5-9-16-30)23-32(38)36(22-27-13-10-14-28(34)20-27)31(33(39)35-3)21-26-11-6-4-7-12-26/h4-20,31H,21-23H2,1-3H3,(H,35,39)/t31-/m0/s1. The Hall–Kier alpha value is -3.95. The van der Waals surface area contributed by atoms with Crippen LogP contribution in [0.25, 0.3) is 0 Å². The van der Waals surface area contributed by atoms with Crippen LogP contribution >= 0.6 is 15.9 Å². The van der Waals surface area contributed by atoms with E-state index >= 15 is 0 Å². The van der Waals surface area contributed by atoms with Crippen molar-refractivity contribution in [1.82, 2.24) is 10.2 Å². The van der Waals surface area contributed by atoms with Crippen molar-refractivity contribution >= 4 is 43.5 Å². The lowest BCUT2D eigenvalue weighted by Gasteiger charge is -2.33. The molecule has 0 aliphatic heterocycles. The van der Waals surface area contributed by atoms with Gasteiger partial charge in [-0.15, -0.1) is 0 Å². The van der Waals surface area contributed by atoms with Gasteiger partial charge >= 0.3 is 0 Å². The Balaban J connectivity index is 1.81. The van der Waals surface area contributed by atoms with Crippen LogP contribution in [0.15, 0.2) is 112 Å². The zero-order chi connectivity index (χ0) is 30.3. The highest BCUT2D eigenvalue weighted by molar-refractivity contribution is 9.10. The Morgan fingerprint density at radius 3 is 2.00 bits per heavy atom. The number of hydrogen-bond donors (Lipinski definition) is 1. The molecule has 4 rings (SSSR count). The Bertz CT molecular complexity index is 1630. The summed E-state index contributed by atoms with van der Waals surface area (Å²) >= 11 is 3.49. The molecule has 0 saturated carbocycles. The third kappa shape index (κ3) is 7.66. The predicted molar refractivity (Wildman–Crippen MR) is 170 cm³/mol. The second kappa shape index (κ2) is 13.8. The summed E-state index contributed by atoms with van der Waals surface area (Å²) in [4.78, 5) is 29.2. The van der Waals surface area contributed by atoms with Crippen molar-refractivity contribution in [3.8, 4) is 0 Å². The van der Waals surface area contributed by atoms with E-state index in [2.05, 4.69) is 21.2 Å². The number of carbonyl (C=O) groups is 2. The molecule has 42 heavy (non-hydrogen) atoms. The first-order valence-corrected chi connectivity index (χ1v) is 15.8. The monoisotopic (exact) mass is 647 g/mol. The van der Waals surface area contributed by atoms with Crippen molar-refractivity contribution in [1.29, 1.82) is 0 Å². The molecule has 218 valence electrons. The van der Waals surface area contributed by atoms with Gasteiger partial charge in [0.2, 0.25) is 11.8 Å². The third-order valence-corrected chi connectivity index (χ3v) is 9.15. The van der Waals surface area contributed by atoms with E-state index in [9.17, 15) is 18.0 Å². The summed E-state index contributed by atoms with van der Waals surface area (Å²) in [5, 5.41) is 2.70. The largest absolute Gasteiger partial charge is 0.357 e. The molecule has 0 aliphatic rings. The maximum atomic E-state index is 14.3. The van der Waals surface area contributed by atoms with Gasteiger partial charge in [0.1, 0.15) is 12.6 Å². The molecule has 0 fully saturated rings. The number of benzene rings is 4. The van der Waals surface area contributed by atoms with E-state index in [1.165, 1.54) is 24.1 Å². The predicted octanol–water partition coefficient (Wildman–Crippen LogP) is 5.65. The minimum atomic E-state index is -4.13. The number of halogens is 1. The number of anilines is 1. The van der Waals surface area contributed by atoms with Crippen LogP contribution in [0.2, 0.25) is 0 Å². The zero-order valence-electron chi connectivity index (χ0n) is 23.8. The summed E-state index contributed by atoms with van der Waals surface area (Å²) in [6, 6.07) is 29.6. The molecule has 0 aliphatic carbocycles. The maximum Gasteiger partial charge on any atom is 0.264 e. The maximum absolute atomic E-state index is 14.3. The molecule has 0 heterocycles. The number of amides is 2. The van der Waals surface area contributed by atoms with Gasteiger partial charge in [-0.25, -0.2) is 8.42 Å². The fraction of sp³-hybridized carbons (Fsp3) is 0.212. The fourth-order valence-electron chi connectivity index (χ4n) is 4.90. The number of sulfonamides is 1. The first-order valence-electron chi connectivity index (χ1n) is 13.5. The molecule has 2 amide bonds. The van der Waals surface area contributed by atoms with E-state index in [0.717, 1.165) is 31.0 Å². The topological polar surface area (TPSA) is 86.8 Å². The molecule has 4 aromatic carbocycles. The van der Waals surface area contributed by atoms with Crippen LogP contribution < -0.4 is 9.62 Å². The molecule has 0 aromatic heterocycles. The lowest BCUT2D eigenvalue weighted by molar-refractivity contribution is -0.139. The fourth-order valence-corrected chi connectivity index (χ4v) is 6.76. The number of carbonyl (C=O) groups excluding carboxylic acids is 2. The first kappa shape index (κ1) is 31.0. The van der Waals surface area contributed by atoms with Crippen LogP contribution in [0.4, 0.5) is 5.69 Å². The van der Waals surface area contributed by atoms with Gasteiger partial charge in [0.25, 0.3) is 10.0 Å². The van der Waals surface area contributed by atoms with Crippen LogP contribution in [-0.4, -0.2) is 44.8 Å². The third-order valence-electron chi connectivity index (χ3n) is 6.86. The van der Waals surface area contributed by atoms with E-state index in [0.29, 0.717) is 5.69 Å². The Morgan fingerprint density at radius 1 is 0.810 bits per heavy atom. The van der Waals surface area contributed by atoms with E-state index in [1.54, 1.807) is 30.3 Å². The number of nitrogens with zero attached hydrogens (tertiary/aromatic N) is 2. The smallest absolute Gasteiger partial charge is 0.264 e. The molecule has 0 radical (unpaired) electrons. The quantitative estimate of drug-likeness (QED) is 0.228. The van der Waals surface area contributed by atoms with Gasteiger partial charge in [-0.05, 0) is 72.5 Å². The Morgan fingerprint density at radius 2 is 1.40 bits per heavy atom. The molecule has 0 spiro atoms. The van der Waals surface area contributed by atoms with Gasteiger partial charge in [-0.2, -0.15) is 0 Å². The van der Waals surface area contributed by atoms with Crippen LogP contribution in [0.1, 0.15) is 22.3 Å². The summed E-state index contributed by atoms with van der Waals surface area (Å²) in [5.41, 5.74) is 3.78. The minimum Gasteiger partial charge on any atom is -0.357 e. The van der Waals surface area contributed by atoms with E-state index in [4.69, 9.17) is 0 Å². The molecule has 0 unspecified atom stereocenters. The van der Waals surface area contributed by atoms with Crippen LogP contribution in [-0.2, 0) is 32.6 Å². The Labute approximate surface area is 256 Å². The molecule has 0 saturated heterocycles. The van der Waals surface area contributed by atoms with Crippen molar-refractivity contribution in [2.75, 3.05) is 17.9 Å². The Kier molecular flexibility index (Phi) is 10.2. The number of likely N-dealkylation sites (N-methyl/N-ethyl adjacent to an activating group) is 1. The van der Waals surface area contributed by atoms with Gasteiger partial charge < -0.3 is 10.2 Å². The summed E-state index contributed by atoms with van der Waals surface area (Å²) in [6.07, 6.45) is 0.259. The zero-order valence-corrected chi connectivity index (χ0v) is 26.2. The molecule has 1 N–H and O–H groups in total. The average molecular weight is 649 g/mol. The van der Waals surface area contributed by atoms with Crippen molar-refractivity contribution < 1.29 is 18.0 Å². The highest BCUT2D eigenvalue weighted by atomic mass is 79.9. The lowest BCUT2D eigenvalue weighted by atomic mass is 10.0. The number of aryl methyl sites for hydroxylation is 2. The van der Waals surface area contributed by atoms with Gasteiger partial charge in [0.05, 0.1) is 10.6 Å². The molecule has 9 heteroatoms. The van der Waals surface area contributed by atoms with E-state index < -0.39 is 28.5 Å². The molecular formula is C33H34BrN3O4S. The summed E-state index contributed by atoms with van der Waals surface area (Å²) in [5.74, 6) is -0.843. The second-order valence-corrected chi connectivity index (χ2v) is 12.9. The molecule has 1 atom stereocenters. The van der Waals surface area contributed by atoms with Crippen molar-refractivity contribution in [3.05, 3.63) is 130 Å². The molecular weight excluding hydrogens is 614 g/mol. The van der Waals surface area contributed by atoms with Gasteiger partial charge in [-0.3, -0.25) is 13.9 Å². The number of nitrogens with one attached hydrogen (secondary N) is 1. The highest BCUT2D eigenvalue weighted by Gasteiger charge is 2.34. The first-order chi connectivity index (χ1) is 20.1. The van der Waals surface area contributed by atoms with Crippen molar-refractivity contribution in [3.63, 3.8) is 0 Å². The van der Waals surface area contributed by atoms with Gasteiger partial charge in [-0.1, -0.05) is 82.7 Å². The number of rotatable bonds is 11. The van der Waals surface area contributed by atoms with Crippen molar-refractivity contribution in [2.24, 2.45) is 0 Å². The SMILES string of the molecule is CNC(=O)[C@H](Cc1ccccc1)N(Cc1cccc(Br)c1)C(=O)CN(c1cc(C)cc(C)c1)S(=O)(=O)c1ccccc1. The van der Waals surface area contributed by atoms with Crippen LogP contribution in [0, 0.1) is 13.8 Å². The summed E-state index contributed by atoms with van der Waals surface area (Å²) in [6.45, 7) is 3.38. The average Bonchev–Trinajstić information content (AvgIpc) is 2.97. The molecule has 7 nitrogen and oxygen atoms in total. The summed E-state index contributed by atoms with van der Waals surface area (Å²) < 4.78 is 30.0. The molecule has 0 bridgehead atoms. The van der Waals surface area contributed by atoms with Gasteiger partial charge in [0, 0.05) is 24.5 Å². The van der Waals surface area contributed by atoms with Crippen molar-refractivity contribution in [2.45, 2.75) is 37.8 Å². The van der Waals surface area contributed by atoms with Crippen LogP contribution in [0.5, 0.6) is 0 Å². The second-order valence-electron chi connectivity index (χ2n) is 10.1. The minimum absolute atomic E-state index is 0.0719. The number of hydrogen-bond acceptors (Lipinski definition) is 4. The van der Waals surface area contributed by atoms with Crippen LogP contribution in [0.3, 0.4) is 0 Å². The van der Waals surface area contributed by atoms with Gasteiger partial charge in [0.15, 0.2) is 0 Å². The normalized spacial score (nSPS) is 11.9. The molecule has 4 aromatic rings. The summed E-state index contributed by atoms with van der Waals surface area (Å²) in [7, 11) is -2.60. The van der Waals surface area contributed by atoms with E-state index in [1.807, 2.05) is 74.5 Å². The lowest BCUT2D eigenvalue weighted by Crippen LogP contribution is -2.53. The van der Waals surface area contributed by atoms with E-state index in [-0.39, 0.29) is 23.8 Å². The highest BCUT2D eigenvalue weighted by Crippen LogP contribution is 2.27.